The van der Waals surface area contributed by atoms with Gasteiger partial charge in [0.2, 0.25) is 5.95 Å². The molecule has 5 aromatic rings. The lowest BCUT2D eigenvalue weighted by Crippen LogP contribution is -2.39. The summed E-state index contributed by atoms with van der Waals surface area (Å²) in [6.07, 6.45) is 12.5. The molecule has 3 unspecified atom stereocenters. The van der Waals surface area contributed by atoms with E-state index in [9.17, 15) is 24.6 Å². The number of nitrogens with zero attached hydrogens (tertiary/aromatic N) is 6. The number of nitrogens with one attached hydrogen (secondary N) is 1. The van der Waals surface area contributed by atoms with E-state index in [4.69, 9.17) is 15.0 Å². The van der Waals surface area contributed by atoms with E-state index in [1.807, 2.05) is 59.7 Å². The van der Waals surface area contributed by atoms with Gasteiger partial charge in [-0.25, -0.2) is 4.98 Å². The summed E-state index contributed by atoms with van der Waals surface area (Å²) in [5.74, 6) is 2.81. The number of benzene rings is 1. The summed E-state index contributed by atoms with van der Waals surface area (Å²) in [5, 5.41) is 33.9. The number of rotatable bonds is 11. The predicted molar refractivity (Wildman–Crippen MR) is 215 cm³/mol. The molecule has 56 heavy (non-hydrogen) atoms. The number of aliphatic hydroxyl groups is 2. The topological polar surface area (TPSA) is 177 Å². The molecular weight excluding hydrogens is 731 g/mol. The number of carbonyl (C=O) groups excluding carboxylic acids is 1. The normalized spacial score (nSPS) is 21.1. The maximum absolute atomic E-state index is 13.3. The summed E-state index contributed by atoms with van der Waals surface area (Å²) in [5.41, 5.74) is 4.69. The van der Waals surface area contributed by atoms with Crippen LogP contribution in [0.4, 0.5) is 11.6 Å². The van der Waals surface area contributed by atoms with Gasteiger partial charge in [0.15, 0.2) is 0 Å². The van der Waals surface area contributed by atoms with Crippen molar-refractivity contribution in [1.29, 1.82) is 5.26 Å². The van der Waals surface area contributed by atoms with Gasteiger partial charge in [0, 0.05) is 44.2 Å². The Morgan fingerprint density at radius 1 is 0.893 bits per heavy atom. The summed E-state index contributed by atoms with van der Waals surface area (Å²) < 4.78 is 11.3. The van der Waals surface area contributed by atoms with Crippen LogP contribution in [0.15, 0.2) is 75.5 Å². The van der Waals surface area contributed by atoms with Gasteiger partial charge in [-0.3, -0.25) is 19.4 Å². The molecule has 0 radical (unpaired) electrons. The molecule has 1 aromatic carbocycles. The van der Waals surface area contributed by atoms with Crippen molar-refractivity contribution in [3.8, 4) is 16.9 Å². The Bertz CT molecular complexity index is 2440. The Labute approximate surface area is 329 Å². The van der Waals surface area contributed by atoms with Crippen LogP contribution in [0.25, 0.3) is 11.0 Å². The van der Waals surface area contributed by atoms with Crippen LogP contribution in [0.5, 0.6) is 11.5 Å². The van der Waals surface area contributed by atoms with Gasteiger partial charge in [-0.2, -0.15) is 5.26 Å². The highest BCUT2D eigenvalue weighted by Gasteiger charge is 2.35. The number of ether oxygens (including phenoxy) is 1. The number of carbonyl (C=O) groups is 1. The molecule has 0 aliphatic heterocycles. The fourth-order valence-corrected chi connectivity index (χ4v) is 7.74. The van der Waals surface area contributed by atoms with E-state index < -0.39 is 12.2 Å². The van der Waals surface area contributed by atoms with E-state index in [1.54, 1.807) is 27.5 Å². The van der Waals surface area contributed by atoms with Crippen LogP contribution in [-0.4, -0.2) is 51.9 Å². The van der Waals surface area contributed by atoms with Gasteiger partial charge in [0.1, 0.15) is 28.4 Å². The van der Waals surface area contributed by atoms with Gasteiger partial charge in [-0.1, -0.05) is 7.43 Å². The lowest BCUT2D eigenvalue weighted by molar-refractivity contribution is -0.116. The third kappa shape index (κ3) is 8.16. The van der Waals surface area contributed by atoms with Crippen LogP contribution in [0, 0.1) is 10.7 Å². The van der Waals surface area contributed by atoms with E-state index >= 15 is 0 Å². The highest BCUT2D eigenvalue weighted by Crippen LogP contribution is 2.43. The summed E-state index contributed by atoms with van der Waals surface area (Å²) in [6, 6.07) is 12.6. The Balaban J connectivity index is 0.000000212. The van der Waals surface area contributed by atoms with Crippen LogP contribution in [0.1, 0.15) is 106 Å². The average molecular weight is 778 g/mol. The fourth-order valence-electron chi connectivity index (χ4n) is 7.26. The van der Waals surface area contributed by atoms with Crippen molar-refractivity contribution in [2.24, 2.45) is 7.05 Å². The van der Waals surface area contributed by atoms with Gasteiger partial charge >= 0.3 is 0 Å². The van der Waals surface area contributed by atoms with Crippen molar-refractivity contribution in [3.63, 3.8) is 0 Å². The maximum Gasteiger partial charge on any atom is 0.274 e. The first-order chi connectivity index (χ1) is 26.6. The standard InChI is InChI=1S/C28H29N5O4.C13H14N2O2S.CH4/c1-16(34)11-19-13-21(9-10-29-19)37-20-5-6-22-25(14-20)32(2)28(30-22)31-23-12-18(17-3-4-17)15-33(27(23)36)24-7-8-26(24)35;14-7-18-12-5-9(8-1-2-8)6-15(13(12)17)10-3-4-11(10)16;/h5-6,9-10,12-15,17,24,26,35H,3-4,7-8,11H2,1-2H3,(H,30,31);5-6,8,10-11,16H,1-4H2;1H4/t;10?,11-;/m.0./s1. The second-order valence-corrected chi connectivity index (χ2v) is 16.0. The summed E-state index contributed by atoms with van der Waals surface area (Å²) >= 11 is 0.919. The van der Waals surface area contributed by atoms with Crippen LogP contribution < -0.4 is 21.2 Å². The van der Waals surface area contributed by atoms with Crippen LogP contribution in [-0.2, 0) is 18.3 Å². The molecule has 4 aliphatic rings. The lowest BCUT2D eigenvalue weighted by Gasteiger charge is -2.34. The highest BCUT2D eigenvalue weighted by molar-refractivity contribution is 8.03. The third-order valence-electron chi connectivity index (χ3n) is 11.0. The number of ketones is 1. The van der Waals surface area contributed by atoms with Crippen molar-refractivity contribution in [2.45, 2.75) is 113 Å². The van der Waals surface area contributed by atoms with E-state index in [0.29, 0.717) is 45.6 Å². The second-order valence-electron chi connectivity index (χ2n) is 15.1. The minimum Gasteiger partial charge on any atom is -0.457 e. The van der Waals surface area contributed by atoms with Crippen LogP contribution >= 0.6 is 11.8 Å². The Morgan fingerprint density at radius 2 is 1.52 bits per heavy atom. The molecule has 4 heterocycles. The fraction of sp³-hybridized carbons (Fsp3) is 0.429. The number of hydrogen-bond donors (Lipinski definition) is 3. The number of anilines is 2. The first-order valence-electron chi connectivity index (χ1n) is 18.9. The quantitative estimate of drug-likeness (QED) is 0.0930. The predicted octanol–water partition coefficient (Wildman–Crippen LogP) is 7.00. The molecule has 9 rings (SSSR count). The minimum absolute atomic E-state index is 0. The number of aliphatic hydroxyl groups excluding tert-OH is 2. The van der Waals surface area contributed by atoms with Crippen LogP contribution in [0.3, 0.4) is 0 Å². The van der Waals surface area contributed by atoms with E-state index in [1.165, 1.54) is 6.92 Å². The zero-order valence-electron chi connectivity index (χ0n) is 30.7. The molecule has 0 spiro atoms. The molecule has 13 nitrogen and oxygen atoms in total. The Hall–Kier alpha value is -5.23. The van der Waals surface area contributed by atoms with Gasteiger partial charge < -0.3 is 34.0 Å². The number of aryl methyl sites for hydroxylation is 1. The number of pyridine rings is 3. The van der Waals surface area contributed by atoms with Gasteiger partial charge in [0.05, 0.1) is 45.9 Å². The molecule has 0 bridgehead atoms. The largest absolute Gasteiger partial charge is 0.457 e. The summed E-state index contributed by atoms with van der Waals surface area (Å²) in [6.45, 7) is 1.53. The van der Waals surface area contributed by atoms with Crippen molar-refractivity contribution < 1.29 is 19.7 Å². The molecule has 3 N–H and O–H groups in total. The van der Waals surface area contributed by atoms with Gasteiger partial charge in [0.25, 0.3) is 11.1 Å². The number of hydrogen-bond acceptors (Lipinski definition) is 11. The van der Waals surface area contributed by atoms with E-state index in [2.05, 4.69) is 10.3 Å². The van der Waals surface area contributed by atoms with Gasteiger partial charge in [-0.15, -0.1) is 0 Å². The smallest absolute Gasteiger partial charge is 0.274 e. The molecule has 0 saturated heterocycles. The molecule has 4 atom stereocenters. The molecule has 4 saturated carbocycles. The van der Waals surface area contributed by atoms with E-state index in [0.717, 1.165) is 85.3 Å². The lowest BCUT2D eigenvalue weighted by atomic mass is 9.88. The number of thiocyanates is 1. The molecular formula is C42H47N7O6S. The van der Waals surface area contributed by atoms with Gasteiger partial charge in [-0.05, 0) is 123 Å². The Kier molecular flexibility index (Phi) is 11.2. The van der Waals surface area contributed by atoms with Crippen molar-refractivity contribution in [2.75, 3.05) is 5.32 Å². The first kappa shape index (κ1) is 39.0. The van der Waals surface area contributed by atoms with Crippen LogP contribution in [0.2, 0.25) is 0 Å². The molecule has 4 aromatic heterocycles. The van der Waals surface area contributed by atoms with E-state index in [-0.39, 0.29) is 42.8 Å². The first-order valence-corrected chi connectivity index (χ1v) is 19.7. The second kappa shape index (κ2) is 16.1. The molecule has 4 aliphatic carbocycles. The summed E-state index contributed by atoms with van der Waals surface area (Å²) in [7, 11) is 1.89. The molecule has 14 heteroatoms. The molecule has 0 amide bonds. The average Bonchev–Trinajstić information content (AvgIpc) is 4.09. The number of imidazole rings is 1. The molecule has 4 fully saturated rings. The third-order valence-corrected chi connectivity index (χ3v) is 11.6. The van der Waals surface area contributed by atoms with Crippen molar-refractivity contribution in [1.82, 2.24) is 23.7 Å². The number of nitriles is 1. The number of Topliss-reactive ketones (excluding diaryl/α,β-unsaturated/α-hetero) is 1. The summed E-state index contributed by atoms with van der Waals surface area (Å²) in [4.78, 5) is 46.4. The Morgan fingerprint density at radius 3 is 2.09 bits per heavy atom. The number of aromatic nitrogens is 5. The molecule has 292 valence electrons. The minimum atomic E-state index is -0.479. The maximum atomic E-state index is 13.3. The SMILES string of the molecule is C.CC(=O)Cc1cc(Oc2ccc3nc(Nc4cc(C5CC5)cn(C5CCC5O)c4=O)n(C)c3c2)ccn1.N#CSc1cc(C2CC2)cn(C2CC[C@@H]2O)c1=O. The van der Waals surface area contributed by atoms with Crippen molar-refractivity contribution >= 4 is 40.2 Å². The zero-order valence-corrected chi connectivity index (χ0v) is 31.5. The number of fused-ring (bicyclic) bond motifs is 1. The monoisotopic (exact) mass is 777 g/mol. The number of thioether (sulfide) groups is 1. The highest BCUT2D eigenvalue weighted by atomic mass is 32.2. The van der Waals surface area contributed by atoms with Crippen molar-refractivity contribution in [3.05, 3.63) is 98.6 Å². The zero-order chi connectivity index (χ0) is 38.4.